The molecule has 2 fully saturated rings. The van der Waals surface area contributed by atoms with Gasteiger partial charge in [-0.2, -0.15) is 0 Å². The SMILES string of the molecule is Brc1ccc(CN2CCCNCC2)c(N2CCOCC2)c1. The average Bonchev–Trinajstić information content (AvgIpc) is 2.79. The third-order valence-electron chi connectivity index (χ3n) is 4.23. The molecule has 4 nitrogen and oxygen atoms in total. The molecule has 0 unspecified atom stereocenters. The maximum absolute atomic E-state index is 5.49. The summed E-state index contributed by atoms with van der Waals surface area (Å²) in [4.78, 5) is 5.02. The highest BCUT2D eigenvalue weighted by Gasteiger charge is 2.17. The fourth-order valence-corrected chi connectivity index (χ4v) is 3.42. The minimum absolute atomic E-state index is 0.833. The molecule has 2 saturated heterocycles. The summed E-state index contributed by atoms with van der Waals surface area (Å²) in [5.41, 5.74) is 2.80. The van der Waals surface area contributed by atoms with Crippen LogP contribution >= 0.6 is 15.9 Å². The van der Waals surface area contributed by atoms with E-state index in [1.165, 1.54) is 24.2 Å². The molecule has 0 aliphatic carbocycles. The number of morpholine rings is 1. The van der Waals surface area contributed by atoms with Crippen molar-refractivity contribution in [1.82, 2.24) is 10.2 Å². The minimum atomic E-state index is 0.833. The smallest absolute Gasteiger partial charge is 0.0642 e. The lowest BCUT2D eigenvalue weighted by Gasteiger charge is -2.32. The molecule has 1 aromatic rings. The number of hydrogen-bond donors (Lipinski definition) is 1. The molecule has 0 spiro atoms. The van der Waals surface area contributed by atoms with Gasteiger partial charge in [0.15, 0.2) is 0 Å². The number of anilines is 1. The van der Waals surface area contributed by atoms with Crippen LogP contribution in [0.25, 0.3) is 0 Å². The van der Waals surface area contributed by atoms with Crippen molar-refractivity contribution >= 4 is 21.6 Å². The molecule has 2 heterocycles. The first-order valence-corrected chi connectivity index (χ1v) is 8.66. The van der Waals surface area contributed by atoms with Crippen LogP contribution in [0.1, 0.15) is 12.0 Å². The van der Waals surface area contributed by atoms with Crippen molar-refractivity contribution in [3.8, 4) is 0 Å². The van der Waals surface area contributed by atoms with Crippen LogP contribution in [-0.2, 0) is 11.3 Å². The Morgan fingerprint density at radius 2 is 1.95 bits per heavy atom. The molecular weight excluding hydrogens is 330 g/mol. The predicted octanol–water partition coefficient (Wildman–Crippen LogP) is 2.08. The Kier molecular flexibility index (Phi) is 5.52. The number of ether oxygens (including phenoxy) is 1. The normalized spacial score (nSPS) is 21.3. The first-order valence-electron chi connectivity index (χ1n) is 7.87. The van der Waals surface area contributed by atoms with Crippen molar-refractivity contribution in [1.29, 1.82) is 0 Å². The lowest BCUT2D eigenvalue weighted by molar-refractivity contribution is 0.122. The van der Waals surface area contributed by atoms with E-state index >= 15 is 0 Å². The summed E-state index contributed by atoms with van der Waals surface area (Å²) >= 11 is 3.62. The maximum atomic E-state index is 5.49. The van der Waals surface area contributed by atoms with Crippen molar-refractivity contribution in [2.24, 2.45) is 0 Å². The zero-order valence-electron chi connectivity index (χ0n) is 12.5. The largest absolute Gasteiger partial charge is 0.378 e. The quantitative estimate of drug-likeness (QED) is 0.900. The number of halogens is 1. The summed E-state index contributed by atoms with van der Waals surface area (Å²) in [7, 11) is 0. The molecule has 2 aliphatic heterocycles. The van der Waals surface area contributed by atoms with Crippen molar-refractivity contribution in [2.75, 3.05) is 57.4 Å². The molecule has 5 heteroatoms. The number of benzene rings is 1. The van der Waals surface area contributed by atoms with E-state index in [9.17, 15) is 0 Å². The van der Waals surface area contributed by atoms with Gasteiger partial charge in [-0.05, 0) is 37.2 Å². The van der Waals surface area contributed by atoms with E-state index in [1.807, 2.05) is 0 Å². The zero-order valence-corrected chi connectivity index (χ0v) is 14.1. The maximum Gasteiger partial charge on any atom is 0.0642 e. The summed E-state index contributed by atoms with van der Waals surface area (Å²) < 4.78 is 6.64. The van der Waals surface area contributed by atoms with E-state index in [0.717, 1.165) is 57.0 Å². The summed E-state index contributed by atoms with van der Waals surface area (Å²) in [5.74, 6) is 0. The van der Waals surface area contributed by atoms with Crippen LogP contribution in [0.15, 0.2) is 22.7 Å². The molecule has 0 aromatic heterocycles. The standard InChI is InChI=1S/C16H24BrN3O/c17-15-3-2-14(13-19-6-1-4-18-5-7-19)16(12-15)20-8-10-21-11-9-20/h2-3,12,18H,1,4-11,13H2. The molecular formula is C16H24BrN3O. The minimum Gasteiger partial charge on any atom is -0.378 e. The van der Waals surface area contributed by atoms with Gasteiger partial charge in [0, 0.05) is 42.9 Å². The molecule has 3 rings (SSSR count). The molecule has 0 amide bonds. The topological polar surface area (TPSA) is 27.7 Å². The third kappa shape index (κ3) is 4.19. The number of hydrogen-bond acceptors (Lipinski definition) is 4. The molecule has 1 aromatic carbocycles. The third-order valence-corrected chi connectivity index (χ3v) is 4.72. The van der Waals surface area contributed by atoms with E-state index in [-0.39, 0.29) is 0 Å². The van der Waals surface area contributed by atoms with E-state index in [2.05, 4.69) is 49.2 Å². The average molecular weight is 354 g/mol. The Hall–Kier alpha value is -0.620. The first kappa shape index (κ1) is 15.3. The van der Waals surface area contributed by atoms with Crippen LogP contribution in [0.5, 0.6) is 0 Å². The van der Waals surface area contributed by atoms with Gasteiger partial charge in [0.05, 0.1) is 13.2 Å². The Bertz CT molecular complexity index is 455. The number of nitrogens with zero attached hydrogens (tertiary/aromatic N) is 2. The Balaban J connectivity index is 1.76. The van der Waals surface area contributed by atoms with Gasteiger partial charge in [-0.3, -0.25) is 4.90 Å². The summed E-state index contributed by atoms with van der Waals surface area (Å²) in [6.07, 6.45) is 1.24. The van der Waals surface area contributed by atoms with E-state index in [4.69, 9.17) is 4.74 Å². The van der Waals surface area contributed by atoms with E-state index in [1.54, 1.807) is 0 Å². The molecule has 116 valence electrons. The van der Waals surface area contributed by atoms with Crippen LogP contribution in [0.3, 0.4) is 0 Å². The molecule has 2 aliphatic rings. The van der Waals surface area contributed by atoms with Crippen molar-refractivity contribution in [3.63, 3.8) is 0 Å². The fraction of sp³-hybridized carbons (Fsp3) is 0.625. The van der Waals surface area contributed by atoms with Crippen LogP contribution in [0.4, 0.5) is 5.69 Å². The van der Waals surface area contributed by atoms with Crippen LogP contribution < -0.4 is 10.2 Å². The lowest BCUT2D eigenvalue weighted by atomic mass is 10.1. The second-order valence-corrected chi connectivity index (χ2v) is 6.67. The van der Waals surface area contributed by atoms with Crippen LogP contribution in [-0.4, -0.2) is 57.4 Å². The Morgan fingerprint density at radius 3 is 2.81 bits per heavy atom. The van der Waals surface area contributed by atoms with Gasteiger partial charge in [0.1, 0.15) is 0 Å². The fourth-order valence-electron chi connectivity index (χ4n) is 3.07. The Morgan fingerprint density at radius 1 is 1.10 bits per heavy atom. The van der Waals surface area contributed by atoms with Gasteiger partial charge in [0.25, 0.3) is 0 Å². The van der Waals surface area contributed by atoms with Gasteiger partial charge in [-0.1, -0.05) is 22.0 Å². The number of rotatable bonds is 3. The van der Waals surface area contributed by atoms with Gasteiger partial charge in [0.2, 0.25) is 0 Å². The highest BCUT2D eigenvalue weighted by Crippen LogP contribution is 2.27. The van der Waals surface area contributed by atoms with Gasteiger partial charge in [-0.15, -0.1) is 0 Å². The number of nitrogens with one attached hydrogen (secondary N) is 1. The zero-order chi connectivity index (χ0) is 14.5. The van der Waals surface area contributed by atoms with Gasteiger partial charge >= 0.3 is 0 Å². The van der Waals surface area contributed by atoms with Crippen LogP contribution in [0, 0.1) is 0 Å². The predicted molar refractivity (Wildman–Crippen MR) is 89.9 cm³/mol. The monoisotopic (exact) mass is 353 g/mol. The second kappa shape index (κ2) is 7.58. The van der Waals surface area contributed by atoms with Crippen LogP contribution in [0.2, 0.25) is 0 Å². The van der Waals surface area contributed by atoms with Crippen molar-refractivity contribution in [2.45, 2.75) is 13.0 Å². The van der Waals surface area contributed by atoms with Gasteiger partial charge < -0.3 is 15.0 Å². The summed E-state index contributed by atoms with van der Waals surface area (Å²) in [6, 6.07) is 6.69. The molecule has 1 N–H and O–H groups in total. The molecule has 21 heavy (non-hydrogen) atoms. The Labute approximate surface area is 135 Å². The van der Waals surface area contributed by atoms with E-state index in [0.29, 0.717) is 0 Å². The van der Waals surface area contributed by atoms with Gasteiger partial charge in [-0.25, -0.2) is 0 Å². The molecule has 0 bridgehead atoms. The summed E-state index contributed by atoms with van der Waals surface area (Å²) in [5, 5.41) is 3.47. The van der Waals surface area contributed by atoms with E-state index < -0.39 is 0 Å². The molecule has 0 saturated carbocycles. The first-order chi connectivity index (χ1) is 10.3. The highest BCUT2D eigenvalue weighted by atomic mass is 79.9. The van der Waals surface area contributed by atoms with Crippen molar-refractivity contribution < 1.29 is 4.74 Å². The summed E-state index contributed by atoms with van der Waals surface area (Å²) in [6.45, 7) is 9.26. The lowest BCUT2D eigenvalue weighted by Crippen LogP contribution is -2.37. The second-order valence-electron chi connectivity index (χ2n) is 5.75. The highest BCUT2D eigenvalue weighted by molar-refractivity contribution is 9.10. The molecule has 0 radical (unpaired) electrons. The van der Waals surface area contributed by atoms with Crippen molar-refractivity contribution in [3.05, 3.63) is 28.2 Å². The molecule has 0 atom stereocenters.